The van der Waals surface area contributed by atoms with Crippen LogP contribution in [-0.4, -0.2) is 54.4 Å². The van der Waals surface area contributed by atoms with E-state index < -0.39 is 10.0 Å². The molecule has 3 aromatic rings. The number of rotatable bonds is 9. The number of sulfonamides is 1. The van der Waals surface area contributed by atoms with E-state index in [4.69, 9.17) is 4.74 Å². The minimum absolute atomic E-state index is 0.0959. The number of imidazole rings is 1. The van der Waals surface area contributed by atoms with Gasteiger partial charge in [0.2, 0.25) is 21.8 Å². The Bertz CT molecular complexity index is 1170. The standard InChI is InChI=1S/C21H27N5O4S/c1-5-26-18-8-7-16(31(28,29)25(2)3)12-17(18)24-19(26)9-10-20(27)22-13-15-6-11-21(30-4)23-14-15/h6-8,11-12,14H,5,9-10,13H2,1-4H3,(H,22,27). The van der Waals surface area contributed by atoms with E-state index in [1.165, 1.54) is 18.4 Å². The lowest BCUT2D eigenvalue weighted by Gasteiger charge is -2.11. The molecule has 166 valence electrons. The van der Waals surface area contributed by atoms with Crippen molar-refractivity contribution < 1.29 is 17.9 Å². The molecule has 0 spiro atoms. The van der Waals surface area contributed by atoms with Gasteiger partial charge < -0.3 is 14.6 Å². The minimum atomic E-state index is -3.54. The minimum Gasteiger partial charge on any atom is -0.481 e. The van der Waals surface area contributed by atoms with Gasteiger partial charge in [-0.25, -0.2) is 22.7 Å². The van der Waals surface area contributed by atoms with Gasteiger partial charge in [0.25, 0.3) is 0 Å². The van der Waals surface area contributed by atoms with Crippen molar-refractivity contribution in [3.8, 4) is 5.88 Å². The number of nitrogens with one attached hydrogen (secondary N) is 1. The SMILES string of the molecule is CCn1c(CCC(=O)NCc2ccc(OC)nc2)nc2cc(S(=O)(=O)N(C)C)ccc21. The second kappa shape index (κ2) is 9.44. The first-order valence-electron chi connectivity index (χ1n) is 9.93. The molecule has 1 amide bonds. The lowest BCUT2D eigenvalue weighted by atomic mass is 10.2. The molecule has 0 saturated heterocycles. The van der Waals surface area contributed by atoms with Crippen molar-refractivity contribution in [2.45, 2.75) is 37.8 Å². The second-order valence-corrected chi connectivity index (χ2v) is 9.35. The van der Waals surface area contributed by atoms with Crippen LogP contribution in [0.25, 0.3) is 11.0 Å². The first-order valence-corrected chi connectivity index (χ1v) is 11.4. The van der Waals surface area contributed by atoms with Crippen molar-refractivity contribution in [3.05, 3.63) is 47.9 Å². The van der Waals surface area contributed by atoms with E-state index in [1.807, 2.05) is 17.6 Å². The van der Waals surface area contributed by atoms with Gasteiger partial charge in [-0.3, -0.25) is 4.79 Å². The zero-order valence-electron chi connectivity index (χ0n) is 18.1. The number of hydrogen-bond acceptors (Lipinski definition) is 6. The van der Waals surface area contributed by atoms with Crippen LogP contribution in [0.4, 0.5) is 0 Å². The highest BCUT2D eigenvalue weighted by Crippen LogP contribution is 2.22. The van der Waals surface area contributed by atoms with Crippen molar-refractivity contribution >= 4 is 27.0 Å². The van der Waals surface area contributed by atoms with Gasteiger partial charge >= 0.3 is 0 Å². The summed E-state index contributed by atoms with van der Waals surface area (Å²) in [6.07, 6.45) is 2.38. The van der Waals surface area contributed by atoms with Gasteiger partial charge in [0.15, 0.2) is 0 Å². The number of fused-ring (bicyclic) bond motifs is 1. The van der Waals surface area contributed by atoms with Crippen molar-refractivity contribution in [3.63, 3.8) is 0 Å². The predicted molar refractivity (Wildman–Crippen MR) is 117 cm³/mol. The number of carbonyl (C=O) groups excluding carboxylic acids is 1. The molecular formula is C21H27N5O4S. The highest BCUT2D eigenvalue weighted by atomic mass is 32.2. The number of benzene rings is 1. The fourth-order valence-electron chi connectivity index (χ4n) is 3.23. The van der Waals surface area contributed by atoms with Gasteiger partial charge in [-0.15, -0.1) is 0 Å². The van der Waals surface area contributed by atoms with Crippen LogP contribution >= 0.6 is 0 Å². The first-order chi connectivity index (χ1) is 14.8. The van der Waals surface area contributed by atoms with Crippen molar-refractivity contribution in [2.24, 2.45) is 0 Å². The molecule has 0 unspecified atom stereocenters. The number of amides is 1. The Morgan fingerprint density at radius 2 is 2.00 bits per heavy atom. The Kier molecular flexibility index (Phi) is 6.91. The third-order valence-electron chi connectivity index (χ3n) is 4.97. The molecule has 2 aromatic heterocycles. The Morgan fingerprint density at radius 3 is 2.61 bits per heavy atom. The normalized spacial score (nSPS) is 11.8. The molecule has 0 aliphatic rings. The van der Waals surface area contributed by atoms with E-state index in [0.29, 0.717) is 30.9 Å². The van der Waals surface area contributed by atoms with Crippen LogP contribution in [0.3, 0.4) is 0 Å². The molecule has 3 rings (SSSR count). The van der Waals surface area contributed by atoms with E-state index in [0.717, 1.165) is 16.9 Å². The van der Waals surface area contributed by atoms with Crippen LogP contribution in [0.5, 0.6) is 5.88 Å². The number of aryl methyl sites for hydroxylation is 2. The highest BCUT2D eigenvalue weighted by molar-refractivity contribution is 7.89. The lowest BCUT2D eigenvalue weighted by Crippen LogP contribution is -2.23. The van der Waals surface area contributed by atoms with Crippen molar-refractivity contribution in [1.82, 2.24) is 24.2 Å². The number of nitrogens with zero attached hydrogens (tertiary/aromatic N) is 4. The van der Waals surface area contributed by atoms with Crippen LogP contribution in [0.15, 0.2) is 41.4 Å². The summed E-state index contributed by atoms with van der Waals surface area (Å²) in [5, 5.41) is 2.88. The summed E-state index contributed by atoms with van der Waals surface area (Å²) in [7, 11) is 1.01. The molecular weight excluding hydrogens is 418 g/mol. The summed E-state index contributed by atoms with van der Waals surface area (Å²) in [6, 6.07) is 8.53. The van der Waals surface area contributed by atoms with Gasteiger partial charge in [0, 0.05) is 52.3 Å². The van der Waals surface area contributed by atoms with Crippen LogP contribution in [0.2, 0.25) is 0 Å². The molecule has 31 heavy (non-hydrogen) atoms. The molecule has 0 bridgehead atoms. The summed E-state index contributed by atoms with van der Waals surface area (Å²) in [5.41, 5.74) is 2.33. The Morgan fingerprint density at radius 1 is 1.23 bits per heavy atom. The maximum Gasteiger partial charge on any atom is 0.242 e. The van der Waals surface area contributed by atoms with Gasteiger partial charge in [0.1, 0.15) is 5.82 Å². The molecule has 2 heterocycles. The summed E-state index contributed by atoms with van der Waals surface area (Å²) < 4.78 is 33.0. The van der Waals surface area contributed by atoms with Gasteiger partial charge in [-0.05, 0) is 30.7 Å². The molecule has 0 atom stereocenters. The molecule has 0 aliphatic heterocycles. The van der Waals surface area contributed by atoms with E-state index >= 15 is 0 Å². The molecule has 0 radical (unpaired) electrons. The molecule has 9 nitrogen and oxygen atoms in total. The average Bonchev–Trinajstić information content (AvgIpc) is 3.13. The van der Waals surface area contributed by atoms with E-state index in [9.17, 15) is 13.2 Å². The average molecular weight is 446 g/mol. The molecule has 0 fully saturated rings. The van der Waals surface area contributed by atoms with Crippen molar-refractivity contribution in [1.29, 1.82) is 0 Å². The van der Waals surface area contributed by atoms with Crippen LogP contribution < -0.4 is 10.1 Å². The number of methoxy groups -OCH3 is 1. The lowest BCUT2D eigenvalue weighted by molar-refractivity contribution is -0.121. The smallest absolute Gasteiger partial charge is 0.242 e. The maximum atomic E-state index is 12.4. The van der Waals surface area contributed by atoms with E-state index in [2.05, 4.69) is 15.3 Å². The first kappa shape index (κ1) is 22.7. The number of ether oxygens (including phenoxy) is 1. The number of aromatic nitrogens is 3. The number of hydrogen-bond donors (Lipinski definition) is 1. The van der Waals surface area contributed by atoms with E-state index in [1.54, 1.807) is 37.6 Å². The van der Waals surface area contributed by atoms with Crippen LogP contribution in [0, 0.1) is 0 Å². The molecule has 10 heteroatoms. The molecule has 1 aromatic carbocycles. The van der Waals surface area contributed by atoms with Gasteiger partial charge in [0.05, 0.1) is 23.0 Å². The summed E-state index contributed by atoms with van der Waals surface area (Å²) in [6.45, 7) is 3.04. The van der Waals surface area contributed by atoms with Crippen LogP contribution in [0.1, 0.15) is 24.7 Å². The quantitative estimate of drug-likeness (QED) is 0.540. The molecule has 0 saturated carbocycles. The second-order valence-electron chi connectivity index (χ2n) is 7.20. The zero-order valence-corrected chi connectivity index (χ0v) is 18.9. The summed E-state index contributed by atoms with van der Waals surface area (Å²) >= 11 is 0. The Hall–Kier alpha value is -2.98. The van der Waals surface area contributed by atoms with E-state index in [-0.39, 0.29) is 17.2 Å². The largest absolute Gasteiger partial charge is 0.481 e. The summed E-state index contributed by atoms with van der Waals surface area (Å²) in [4.78, 5) is 21.2. The number of pyridine rings is 1. The van der Waals surface area contributed by atoms with Crippen molar-refractivity contribution in [2.75, 3.05) is 21.2 Å². The van der Waals surface area contributed by atoms with Crippen LogP contribution in [-0.2, 0) is 34.3 Å². The van der Waals surface area contributed by atoms with Gasteiger partial charge in [-0.1, -0.05) is 6.07 Å². The fourth-order valence-corrected chi connectivity index (χ4v) is 4.15. The maximum absolute atomic E-state index is 12.4. The molecule has 1 N–H and O–H groups in total. The monoisotopic (exact) mass is 445 g/mol. The third-order valence-corrected chi connectivity index (χ3v) is 6.78. The molecule has 0 aliphatic carbocycles. The van der Waals surface area contributed by atoms with Gasteiger partial charge in [-0.2, -0.15) is 0 Å². The number of carbonyl (C=O) groups is 1. The highest BCUT2D eigenvalue weighted by Gasteiger charge is 2.19. The topological polar surface area (TPSA) is 106 Å². The fraction of sp³-hybridized carbons (Fsp3) is 0.381. The Balaban J connectivity index is 1.69. The third kappa shape index (κ3) is 5.02. The summed E-state index contributed by atoms with van der Waals surface area (Å²) in [5.74, 6) is 1.18. The Labute approximate surface area is 182 Å². The zero-order chi connectivity index (χ0) is 22.6. The predicted octanol–water partition coefficient (Wildman–Crippen LogP) is 1.96.